The van der Waals surface area contributed by atoms with Gasteiger partial charge >= 0.3 is 0 Å². The minimum Gasteiger partial charge on any atom is -0.380 e. The molecule has 0 saturated carbocycles. The van der Waals surface area contributed by atoms with Crippen molar-refractivity contribution in [2.75, 3.05) is 25.0 Å². The van der Waals surface area contributed by atoms with Crippen LogP contribution in [-0.2, 0) is 23.1 Å². The molecule has 1 unspecified atom stereocenters. The van der Waals surface area contributed by atoms with Gasteiger partial charge in [0.25, 0.3) is 5.69 Å². The van der Waals surface area contributed by atoms with Gasteiger partial charge in [-0.1, -0.05) is 30.7 Å². The molecule has 9 heteroatoms. The summed E-state index contributed by atoms with van der Waals surface area (Å²) < 4.78 is 27.9. The third-order valence-corrected chi connectivity index (χ3v) is 8.70. The first-order chi connectivity index (χ1) is 15.9. The third kappa shape index (κ3) is 5.37. The van der Waals surface area contributed by atoms with E-state index in [2.05, 4.69) is 29.3 Å². The molecule has 2 aliphatic rings. The van der Waals surface area contributed by atoms with Gasteiger partial charge in [0.2, 0.25) is 10.0 Å². The maximum atomic E-state index is 13.3. The highest BCUT2D eigenvalue weighted by Gasteiger charge is 2.31. The van der Waals surface area contributed by atoms with Crippen molar-refractivity contribution in [1.29, 1.82) is 0 Å². The molecule has 2 fully saturated rings. The number of hydrogen-bond acceptors (Lipinski definition) is 6. The van der Waals surface area contributed by atoms with Crippen molar-refractivity contribution in [3.63, 3.8) is 0 Å². The fourth-order valence-electron chi connectivity index (χ4n) is 4.74. The van der Waals surface area contributed by atoms with Gasteiger partial charge in [-0.05, 0) is 56.3 Å². The Labute approximate surface area is 195 Å². The van der Waals surface area contributed by atoms with E-state index in [1.54, 1.807) is 0 Å². The Hall–Kier alpha value is -2.49. The SMILES string of the molecule is CC1CCCCN1Cc1ccccc1CNc1ccc([N+](=O)[O-])cc1S(=O)(=O)N1CCCC1. The first kappa shape index (κ1) is 23.7. The number of hydrogen-bond donors (Lipinski definition) is 1. The van der Waals surface area contributed by atoms with E-state index in [-0.39, 0.29) is 10.6 Å². The van der Waals surface area contributed by atoms with Crippen LogP contribution in [0.1, 0.15) is 50.2 Å². The van der Waals surface area contributed by atoms with E-state index >= 15 is 0 Å². The molecule has 2 aromatic carbocycles. The van der Waals surface area contributed by atoms with Gasteiger partial charge in [0.15, 0.2) is 0 Å². The van der Waals surface area contributed by atoms with Crippen LogP contribution in [0, 0.1) is 10.1 Å². The summed E-state index contributed by atoms with van der Waals surface area (Å²) in [6, 6.07) is 12.8. The summed E-state index contributed by atoms with van der Waals surface area (Å²) in [6.07, 6.45) is 5.31. The number of sulfonamides is 1. The van der Waals surface area contributed by atoms with E-state index in [0.717, 1.165) is 31.5 Å². The molecule has 33 heavy (non-hydrogen) atoms. The van der Waals surface area contributed by atoms with Crippen molar-refractivity contribution < 1.29 is 13.3 Å². The number of nitro benzene ring substituents is 1. The van der Waals surface area contributed by atoms with Crippen LogP contribution in [0.3, 0.4) is 0 Å². The van der Waals surface area contributed by atoms with Gasteiger partial charge in [0, 0.05) is 44.4 Å². The lowest BCUT2D eigenvalue weighted by Gasteiger charge is -2.33. The molecule has 8 nitrogen and oxygen atoms in total. The normalized spacial score (nSPS) is 20.1. The molecule has 0 spiro atoms. The quantitative estimate of drug-likeness (QED) is 0.453. The summed E-state index contributed by atoms with van der Waals surface area (Å²) in [4.78, 5) is 13.2. The average Bonchev–Trinajstić information content (AvgIpc) is 3.36. The molecule has 2 aromatic rings. The summed E-state index contributed by atoms with van der Waals surface area (Å²) in [5.74, 6) is 0. The maximum Gasteiger partial charge on any atom is 0.270 e. The monoisotopic (exact) mass is 472 g/mol. The molecule has 0 aromatic heterocycles. The number of rotatable bonds is 8. The minimum absolute atomic E-state index is 0.0271. The largest absolute Gasteiger partial charge is 0.380 e. The first-order valence-corrected chi connectivity index (χ1v) is 13.1. The van der Waals surface area contributed by atoms with Crippen LogP contribution in [0.25, 0.3) is 0 Å². The van der Waals surface area contributed by atoms with Crippen molar-refractivity contribution in [2.24, 2.45) is 0 Å². The lowest BCUT2D eigenvalue weighted by Crippen LogP contribution is -2.37. The number of nitrogens with one attached hydrogen (secondary N) is 1. The molecule has 0 aliphatic carbocycles. The Morgan fingerprint density at radius 1 is 1.03 bits per heavy atom. The van der Waals surface area contributed by atoms with Crippen molar-refractivity contribution in [1.82, 2.24) is 9.21 Å². The second-order valence-corrected chi connectivity index (χ2v) is 10.9. The maximum absolute atomic E-state index is 13.3. The fraction of sp³-hybridized carbons (Fsp3) is 0.500. The van der Waals surface area contributed by atoms with E-state index in [1.807, 2.05) is 12.1 Å². The summed E-state index contributed by atoms with van der Waals surface area (Å²) in [5, 5.41) is 14.6. The lowest BCUT2D eigenvalue weighted by molar-refractivity contribution is -0.385. The molecule has 0 amide bonds. The number of nitrogens with zero attached hydrogens (tertiary/aromatic N) is 3. The lowest BCUT2D eigenvalue weighted by atomic mass is 10.0. The van der Waals surface area contributed by atoms with Crippen molar-refractivity contribution in [3.05, 3.63) is 63.7 Å². The molecule has 2 aliphatic heterocycles. The van der Waals surface area contributed by atoms with Crippen molar-refractivity contribution in [3.8, 4) is 0 Å². The van der Waals surface area contributed by atoms with Crippen LogP contribution in [0.2, 0.25) is 0 Å². The number of likely N-dealkylation sites (tertiary alicyclic amines) is 1. The van der Waals surface area contributed by atoms with E-state index in [4.69, 9.17) is 0 Å². The first-order valence-electron chi connectivity index (χ1n) is 11.7. The Bertz CT molecular complexity index is 1100. The molecule has 1 N–H and O–H groups in total. The number of nitro groups is 1. The van der Waals surface area contributed by atoms with Crippen LogP contribution in [0.4, 0.5) is 11.4 Å². The van der Waals surface area contributed by atoms with Crippen LogP contribution < -0.4 is 5.32 Å². The highest BCUT2D eigenvalue weighted by molar-refractivity contribution is 7.89. The van der Waals surface area contributed by atoms with E-state index in [0.29, 0.717) is 31.4 Å². The number of piperidine rings is 1. The molecule has 4 rings (SSSR count). The smallest absolute Gasteiger partial charge is 0.270 e. The molecule has 0 radical (unpaired) electrons. The van der Waals surface area contributed by atoms with Crippen LogP contribution in [-0.4, -0.2) is 48.2 Å². The topological polar surface area (TPSA) is 95.8 Å². The highest BCUT2D eigenvalue weighted by atomic mass is 32.2. The van der Waals surface area contributed by atoms with Gasteiger partial charge in [-0.15, -0.1) is 0 Å². The molecule has 0 bridgehead atoms. The Morgan fingerprint density at radius 2 is 1.73 bits per heavy atom. The Kier molecular flexibility index (Phi) is 7.31. The Morgan fingerprint density at radius 3 is 2.42 bits per heavy atom. The summed E-state index contributed by atoms with van der Waals surface area (Å²) in [5.41, 5.74) is 2.48. The summed E-state index contributed by atoms with van der Waals surface area (Å²) in [6.45, 7) is 5.55. The van der Waals surface area contributed by atoms with Gasteiger partial charge in [-0.2, -0.15) is 4.31 Å². The van der Waals surface area contributed by atoms with Gasteiger partial charge < -0.3 is 5.32 Å². The Balaban J connectivity index is 1.58. The van der Waals surface area contributed by atoms with E-state index in [9.17, 15) is 18.5 Å². The number of anilines is 1. The minimum atomic E-state index is -3.81. The van der Waals surface area contributed by atoms with Gasteiger partial charge in [0.05, 0.1) is 10.6 Å². The molecule has 2 saturated heterocycles. The van der Waals surface area contributed by atoms with Crippen LogP contribution in [0.15, 0.2) is 47.4 Å². The molecule has 2 heterocycles. The zero-order chi connectivity index (χ0) is 23.4. The molecular weight excluding hydrogens is 440 g/mol. The third-order valence-electron chi connectivity index (χ3n) is 6.76. The summed E-state index contributed by atoms with van der Waals surface area (Å²) >= 11 is 0. The molecule has 178 valence electrons. The standard InChI is InChI=1S/C24H32N4O4S/c1-19-8-4-5-13-26(19)18-21-10-3-2-9-20(21)17-25-23-12-11-22(28(29)30)16-24(23)33(31,32)27-14-6-7-15-27/h2-3,9-12,16,19,25H,4-8,13-15,17-18H2,1H3. The van der Waals surface area contributed by atoms with Crippen LogP contribution in [0.5, 0.6) is 0 Å². The number of benzene rings is 2. The predicted molar refractivity (Wildman–Crippen MR) is 129 cm³/mol. The van der Waals surface area contributed by atoms with Crippen molar-refractivity contribution >= 4 is 21.4 Å². The number of non-ortho nitro benzene ring substituents is 1. The second-order valence-electron chi connectivity index (χ2n) is 8.99. The zero-order valence-corrected chi connectivity index (χ0v) is 19.9. The highest BCUT2D eigenvalue weighted by Crippen LogP contribution is 2.31. The predicted octanol–water partition coefficient (Wildman–Crippen LogP) is 4.37. The van der Waals surface area contributed by atoms with Crippen molar-refractivity contribution in [2.45, 2.75) is 63.1 Å². The van der Waals surface area contributed by atoms with Gasteiger partial charge in [-0.3, -0.25) is 15.0 Å². The average molecular weight is 473 g/mol. The van der Waals surface area contributed by atoms with Gasteiger partial charge in [0.1, 0.15) is 4.90 Å². The summed E-state index contributed by atoms with van der Waals surface area (Å²) in [7, 11) is -3.81. The zero-order valence-electron chi connectivity index (χ0n) is 19.1. The molecular formula is C24H32N4O4S. The molecule has 1 atom stereocenters. The fourth-order valence-corrected chi connectivity index (χ4v) is 6.44. The van der Waals surface area contributed by atoms with E-state index < -0.39 is 14.9 Å². The van der Waals surface area contributed by atoms with Crippen LogP contribution >= 0.6 is 0 Å². The van der Waals surface area contributed by atoms with Gasteiger partial charge in [-0.25, -0.2) is 8.42 Å². The second kappa shape index (κ2) is 10.2. The van der Waals surface area contributed by atoms with E-state index in [1.165, 1.54) is 47.3 Å².